The van der Waals surface area contributed by atoms with E-state index < -0.39 is 0 Å². The summed E-state index contributed by atoms with van der Waals surface area (Å²) in [6.45, 7) is 16.6. The minimum Gasteiger partial charge on any atom is -0.370 e. The number of nitrogens with two attached hydrogens (primary N) is 1. The van der Waals surface area contributed by atoms with Crippen molar-refractivity contribution >= 4 is 5.96 Å². The molecule has 0 unspecified atom stereocenters. The Labute approximate surface area is 130 Å². The summed E-state index contributed by atoms with van der Waals surface area (Å²) < 4.78 is 0. The lowest BCUT2D eigenvalue weighted by atomic mass is 9.86. The van der Waals surface area contributed by atoms with Crippen molar-refractivity contribution in [2.24, 2.45) is 10.7 Å². The number of aliphatic imine (C=N–C) groups is 1. The lowest BCUT2D eigenvalue weighted by molar-refractivity contribution is 0.0651. The van der Waals surface area contributed by atoms with Crippen LogP contribution >= 0.6 is 0 Å². The second kappa shape index (κ2) is 6.97. The molecular formula is C16H33N5. The highest BCUT2D eigenvalue weighted by Crippen LogP contribution is 2.33. The van der Waals surface area contributed by atoms with Crippen LogP contribution in [0, 0.1) is 0 Å². The van der Waals surface area contributed by atoms with Crippen LogP contribution in [-0.4, -0.2) is 78.1 Å². The maximum absolute atomic E-state index is 6.19. The van der Waals surface area contributed by atoms with E-state index in [0.29, 0.717) is 6.04 Å². The molecule has 1 spiro atoms. The van der Waals surface area contributed by atoms with Gasteiger partial charge >= 0.3 is 0 Å². The predicted molar refractivity (Wildman–Crippen MR) is 89.7 cm³/mol. The molecular weight excluding hydrogens is 262 g/mol. The lowest BCUT2D eigenvalue weighted by Gasteiger charge is -2.46. The summed E-state index contributed by atoms with van der Waals surface area (Å²) in [5, 5.41) is 0. The first-order valence-electron chi connectivity index (χ1n) is 8.56. The molecule has 0 aliphatic carbocycles. The minimum absolute atomic E-state index is 0.197. The van der Waals surface area contributed by atoms with E-state index in [0.717, 1.165) is 38.7 Å². The predicted octanol–water partition coefficient (Wildman–Crippen LogP) is 1.20. The van der Waals surface area contributed by atoms with E-state index in [-0.39, 0.29) is 5.54 Å². The number of hydrogen-bond donors (Lipinski definition) is 1. The van der Waals surface area contributed by atoms with E-state index in [1.165, 1.54) is 25.9 Å². The second-order valence-corrected chi connectivity index (χ2v) is 6.71. The monoisotopic (exact) mass is 295 g/mol. The largest absolute Gasteiger partial charge is 0.370 e. The van der Waals surface area contributed by atoms with Crippen molar-refractivity contribution < 1.29 is 0 Å². The van der Waals surface area contributed by atoms with Crippen LogP contribution in [0.25, 0.3) is 0 Å². The summed E-state index contributed by atoms with van der Waals surface area (Å²) in [5.41, 5.74) is 6.39. The van der Waals surface area contributed by atoms with Crippen LogP contribution in [0.4, 0.5) is 0 Å². The first-order chi connectivity index (χ1) is 10.0. The molecule has 5 nitrogen and oxygen atoms in total. The third kappa shape index (κ3) is 3.51. The molecule has 0 bridgehead atoms. The molecule has 0 amide bonds. The molecule has 1 fully saturated rings. The SMILES string of the molecule is CCN(CC)CCN1C(N)=NCC12CCN(C(C)C)CC2. The maximum Gasteiger partial charge on any atom is 0.191 e. The molecule has 0 saturated carbocycles. The Morgan fingerprint density at radius 1 is 1.24 bits per heavy atom. The Hall–Kier alpha value is -0.810. The first-order valence-corrected chi connectivity index (χ1v) is 8.56. The Morgan fingerprint density at radius 3 is 2.38 bits per heavy atom. The highest BCUT2D eigenvalue weighted by Gasteiger charge is 2.44. The van der Waals surface area contributed by atoms with E-state index in [9.17, 15) is 0 Å². The van der Waals surface area contributed by atoms with Gasteiger partial charge in [-0.1, -0.05) is 13.8 Å². The molecule has 1 saturated heterocycles. The maximum atomic E-state index is 6.19. The van der Waals surface area contributed by atoms with Gasteiger partial charge in [0.05, 0.1) is 12.1 Å². The molecule has 0 aromatic carbocycles. The van der Waals surface area contributed by atoms with Gasteiger partial charge in [-0.2, -0.15) is 0 Å². The number of nitrogens with zero attached hydrogens (tertiary/aromatic N) is 4. The van der Waals surface area contributed by atoms with Gasteiger partial charge in [0.1, 0.15) is 0 Å². The van der Waals surface area contributed by atoms with Crippen molar-refractivity contribution in [3.63, 3.8) is 0 Å². The average Bonchev–Trinajstić information content (AvgIpc) is 2.78. The van der Waals surface area contributed by atoms with Crippen molar-refractivity contribution in [2.75, 3.05) is 45.8 Å². The van der Waals surface area contributed by atoms with Crippen molar-refractivity contribution in [1.82, 2.24) is 14.7 Å². The molecule has 2 aliphatic heterocycles. The van der Waals surface area contributed by atoms with E-state index in [1.54, 1.807) is 0 Å². The van der Waals surface area contributed by atoms with Crippen molar-refractivity contribution in [1.29, 1.82) is 0 Å². The topological polar surface area (TPSA) is 48.1 Å². The summed E-state index contributed by atoms with van der Waals surface area (Å²) in [6.07, 6.45) is 2.38. The molecule has 5 heteroatoms. The zero-order valence-corrected chi connectivity index (χ0v) is 14.3. The fourth-order valence-electron chi connectivity index (χ4n) is 3.66. The molecule has 2 N–H and O–H groups in total. The first kappa shape index (κ1) is 16.6. The van der Waals surface area contributed by atoms with Gasteiger partial charge in [0.15, 0.2) is 5.96 Å². The van der Waals surface area contributed by atoms with E-state index in [2.05, 4.69) is 47.4 Å². The van der Waals surface area contributed by atoms with Gasteiger partial charge in [-0.15, -0.1) is 0 Å². The van der Waals surface area contributed by atoms with Gasteiger partial charge in [0.2, 0.25) is 0 Å². The molecule has 122 valence electrons. The smallest absolute Gasteiger partial charge is 0.191 e. The number of likely N-dealkylation sites (tertiary alicyclic amines) is 1. The molecule has 0 aromatic rings. The van der Waals surface area contributed by atoms with Crippen LogP contribution < -0.4 is 5.73 Å². The number of likely N-dealkylation sites (N-methyl/N-ethyl adjacent to an activating group) is 1. The van der Waals surface area contributed by atoms with Gasteiger partial charge in [-0.05, 0) is 39.8 Å². The summed E-state index contributed by atoms with van der Waals surface area (Å²) in [5.74, 6) is 0.764. The van der Waals surface area contributed by atoms with Gasteiger partial charge in [-0.25, -0.2) is 0 Å². The van der Waals surface area contributed by atoms with E-state index in [1.807, 2.05) is 0 Å². The van der Waals surface area contributed by atoms with E-state index >= 15 is 0 Å². The fraction of sp³-hybridized carbons (Fsp3) is 0.938. The number of rotatable bonds is 6. The number of guanidine groups is 1. The second-order valence-electron chi connectivity index (χ2n) is 6.71. The highest BCUT2D eigenvalue weighted by atomic mass is 15.4. The van der Waals surface area contributed by atoms with Crippen LogP contribution in [0.15, 0.2) is 4.99 Å². The zero-order valence-electron chi connectivity index (χ0n) is 14.3. The average molecular weight is 295 g/mol. The Balaban J connectivity index is 1.96. The van der Waals surface area contributed by atoms with Crippen LogP contribution in [0.5, 0.6) is 0 Å². The highest BCUT2D eigenvalue weighted by molar-refractivity contribution is 5.81. The van der Waals surface area contributed by atoms with Gasteiger partial charge < -0.3 is 20.4 Å². The number of piperidine rings is 1. The van der Waals surface area contributed by atoms with Crippen LogP contribution in [0.2, 0.25) is 0 Å². The fourth-order valence-corrected chi connectivity index (χ4v) is 3.66. The summed E-state index contributed by atoms with van der Waals surface area (Å²) in [4.78, 5) is 12.0. The molecule has 2 aliphatic rings. The van der Waals surface area contributed by atoms with Crippen molar-refractivity contribution in [3.05, 3.63) is 0 Å². The summed E-state index contributed by atoms with van der Waals surface area (Å²) in [7, 11) is 0. The van der Waals surface area contributed by atoms with Crippen LogP contribution in [0.3, 0.4) is 0 Å². The molecule has 0 radical (unpaired) electrons. The standard InChI is InChI=1S/C16H33N5/c1-5-19(6-2)11-12-21-15(17)18-13-16(21)7-9-20(10-8-16)14(3)4/h14H,5-13H2,1-4H3,(H2,17,18). The van der Waals surface area contributed by atoms with Gasteiger partial charge in [0, 0.05) is 32.2 Å². The molecule has 2 rings (SSSR count). The normalized spacial score (nSPS) is 22.6. The Bertz CT molecular complexity index is 354. The zero-order chi connectivity index (χ0) is 15.5. The summed E-state index contributed by atoms with van der Waals surface area (Å²) in [6, 6.07) is 0.645. The lowest BCUT2D eigenvalue weighted by Crippen LogP contribution is -2.59. The van der Waals surface area contributed by atoms with Gasteiger partial charge in [0.25, 0.3) is 0 Å². The van der Waals surface area contributed by atoms with Crippen molar-refractivity contribution in [2.45, 2.75) is 52.1 Å². The molecule has 2 heterocycles. The van der Waals surface area contributed by atoms with Crippen molar-refractivity contribution in [3.8, 4) is 0 Å². The quantitative estimate of drug-likeness (QED) is 0.800. The van der Waals surface area contributed by atoms with Crippen LogP contribution in [0.1, 0.15) is 40.5 Å². The molecule has 21 heavy (non-hydrogen) atoms. The Kier molecular flexibility index (Phi) is 5.49. The molecule has 0 aromatic heterocycles. The van der Waals surface area contributed by atoms with Crippen LogP contribution in [-0.2, 0) is 0 Å². The summed E-state index contributed by atoms with van der Waals surface area (Å²) >= 11 is 0. The molecule has 0 atom stereocenters. The van der Waals surface area contributed by atoms with Gasteiger partial charge in [-0.3, -0.25) is 4.99 Å². The number of hydrogen-bond acceptors (Lipinski definition) is 5. The third-order valence-electron chi connectivity index (χ3n) is 5.38. The van der Waals surface area contributed by atoms with E-state index in [4.69, 9.17) is 5.73 Å². The third-order valence-corrected chi connectivity index (χ3v) is 5.38. The Morgan fingerprint density at radius 2 is 1.86 bits per heavy atom. The minimum atomic E-state index is 0.197.